The lowest BCUT2D eigenvalue weighted by atomic mass is 10.2. The zero-order valence-corrected chi connectivity index (χ0v) is 11.2. The van der Waals surface area contributed by atoms with Gasteiger partial charge in [0, 0.05) is 24.1 Å². The lowest BCUT2D eigenvalue weighted by molar-refractivity contribution is 0.112. The summed E-state index contributed by atoms with van der Waals surface area (Å²) in [7, 11) is 0. The van der Waals surface area contributed by atoms with Crippen LogP contribution in [0.25, 0.3) is 10.1 Å². The molecule has 0 amide bonds. The number of benzene rings is 1. The van der Waals surface area contributed by atoms with Crippen LogP contribution in [0.3, 0.4) is 0 Å². The van der Waals surface area contributed by atoms with Gasteiger partial charge in [-0.05, 0) is 46.4 Å². The quantitative estimate of drug-likeness (QED) is 0.468. The van der Waals surface area contributed by atoms with Crippen LogP contribution in [0.5, 0.6) is 0 Å². The van der Waals surface area contributed by atoms with E-state index in [4.69, 9.17) is 0 Å². The summed E-state index contributed by atoms with van der Waals surface area (Å²) in [5.41, 5.74) is 0.805. The topological polar surface area (TPSA) is 17.1 Å². The second kappa shape index (κ2) is 4.20. The number of carbonyl (C=O) groups excluding carboxylic acids is 1. The highest BCUT2D eigenvalue weighted by Gasteiger charge is 2.09. The Labute approximate surface area is 104 Å². The van der Waals surface area contributed by atoms with Crippen molar-refractivity contribution in [3.8, 4) is 0 Å². The molecular formula is C10H7IOS2. The summed E-state index contributed by atoms with van der Waals surface area (Å²) in [4.78, 5) is 12.1. The number of hydrogen-bond acceptors (Lipinski definition) is 3. The van der Waals surface area contributed by atoms with Crippen LogP contribution in [-0.2, 0) is 0 Å². The molecule has 0 aliphatic rings. The summed E-state index contributed by atoms with van der Waals surface area (Å²) < 4.78 is 2.35. The molecule has 0 atom stereocenters. The first-order valence-corrected chi connectivity index (χ1v) is 7.15. The van der Waals surface area contributed by atoms with E-state index in [2.05, 4.69) is 28.7 Å². The van der Waals surface area contributed by atoms with Crippen LogP contribution < -0.4 is 0 Å². The van der Waals surface area contributed by atoms with Gasteiger partial charge in [-0.3, -0.25) is 4.79 Å². The van der Waals surface area contributed by atoms with Crippen molar-refractivity contribution >= 4 is 62.1 Å². The average molecular weight is 334 g/mol. The molecule has 0 spiro atoms. The minimum Gasteiger partial charge on any atom is -0.298 e. The van der Waals surface area contributed by atoms with E-state index in [1.54, 1.807) is 23.1 Å². The standard InChI is InChI=1S/C10H7IOS2/c1-13-8-4-6(5-12)10-7(9(8)11)2-3-14-10/h2-5H,1H3. The number of hydrogen-bond donors (Lipinski definition) is 0. The van der Waals surface area contributed by atoms with Crippen molar-refractivity contribution in [3.63, 3.8) is 0 Å². The first-order valence-electron chi connectivity index (χ1n) is 3.96. The Kier molecular flexibility index (Phi) is 3.14. The third-order valence-corrected chi connectivity index (χ3v) is 5.27. The van der Waals surface area contributed by atoms with Gasteiger partial charge in [0.15, 0.2) is 6.29 Å². The fraction of sp³-hybridized carbons (Fsp3) is 0.100. The lowest BCUT2D eigenvalue weighted by Gasteiger charge is -2.04. The van der Waals surface area contributed by atoms with E-state index in [9.17, 15) is 4.79 Å². The molecule has 0 saturated carbocycles. The maximum absolute atomic E-state index is 10.9. The zero-order chi connectivity index (χ0) is 10.1. The van der Waals surface area contributed by atoms with E-state index in [1.165, 1.54) is 13.9 Å². The maximum Gasteiger partial charge on any atom is 0.151 e. The number of fused-ring (bicyclic) bond motifs is 1. The molecule has 4 heteroatoms. The van der Waals surface area contributed by atoms with E-state index in [0.717, 1.165) is 16.5 Å². The molecule has 0 aliphatic carbocycles. The average Bonchev–Trinajstić information content (AvgIpc) is 2.68. The molecule has 1 aromatic heterocycles. The third kappa shape index (κ3) is 1.59. The Balaban J connectivity index is 2.86. The van der Waals surface area contributed by atoms with Gasteiger partial charge in [0.25, 0.3) is 0 Å². The molecule has 0 fully saturated rings. The van der Waals surface area contributed by atoms with E-state index >= 15 is 0 Å². The highest BCUT2D eigenvalue weighted by Crippen LogP contribution is 2.34. The third-order valence-electron chi connectivity index (χ3n) is 2.01. The Morgan fingerprint density at radius 3 is 3.00 bits per heavy atom. The van der Waals surface area contributed by atoms with Crippen molar-refractivity contribution in [2.75, 3.05) is 6.26 Å². The van der Waals surface area contributed by atoms with Gasteiger partial charge < -0.3 is 0 Å². The molecule has 1 aromatic carbocycles. The summed E-state index contributed by atoms with van der Waals surface area (Å²) in [6, 6.07) is 4.05. The van der Waals surface area contributed by atoms with Crippen molar-refractivity contribution in [2.45, 2.75) is 4.90 Å². The van der Waals surface area contributed by atoms with Gasteiger partial charge >= 0.3 is 0 Å². The van der Waals surface area contributed by atoms with Crippen molar-refractivity contribution in [1.82, 2.24) is 0 Å². The highest BCUT2D eigenvalue weighted by atomic mass is 127. The fourth-order valence-corrected chi connectivity index (χ4v) is 4.21. The first kappa shape index (κ1) is 10.4. The van der Waals surface area contributed by atoms with Crippen LogP contribution in [-0.4, -0.2) is 12.5 Å². The molecule has 14 heavy (non-hydrogen) atoms. The second-order valence-corrected chi connectivity index (χ2v) is 5.61. The number of carbonyl (C=O) groups is 1. The highest BCUT2D eigenvalue weighted by molar-refractivity contribution is 14.1. The normalized spacial score (nSPS) is 10.7. The van der Waals surface area contributed by atoms with Crippen molar-refractivity contribution < 1.29 is 4.79 Å². The van der Waals surface area contributed by atoms with Gasteiger partial charge in [0.05, 0.1) is 0 Å². The molecule has 72 valence electrons. The molecular weight excluding hydrogens is 327 g/mol. The van der Waals surface area contributed by atoms with Gasteiger partial charge in [0.2, 0.25) is 0 Å². The maximum atomic E-state index is 10.9. The molecule has 0 saturated heterocycles. The van der Waals surface area contributed by atoms with Crippen molar-refractivity contribution in [2.24, 2.45) is 0 Å². The molecule has 0 radical (unpaired) electrons. The summed E-state index contributed by atoms with van der Waals surface area (Å²) >= 11 is 5.65. The number of aldehydes is 1. The number of thioether (sulfide) groups is 1. The van der Waals surface area contributed by atoms with Crippen LogP contribution >= 0.6 is 45.7 Å². The van der Waals surface area contributed by atoms with Gasteiger partial charge in [-0.15, -0.1) is 23.1 Å². The summed E-state index contributed by atoms with van der Waals surface area (Å²) in [5.74, 6) is 0. The molecule has 0 aliphatic heterocycles. The monoisotopic (exact) mass is 334 g/mol. The Morgan fingerprint density at radius 1 is 1.57 bits per heavy atom. The number of thiophene rings is 1. The van der Waals surface area contributed by atoms with Crippen LogP contribution in [0.1, 0.15) is 10.4 Å². The SMILES string of the molecule is CSc1cc(C=O)c2sccc2c1I. The molecule has 1 heterocycles. The molecule has 2 rings (SSSR count). The molecule has 2 aromatic rings. The van der Waals surface area contributed by atoms with Crippen LogP contribution in [0, 0.1) is 3.57 Å². The van der Waals surface area contributed by atoms with Gasteiger partial charge in [-0.25, -0.2) is 0 Å². The van der Waals surface area contributed by atoms with Crippen molar-refractivity contribution in [3.05, 3.63) is 26.6 Å². The predicted molar refractivity (Wildman–Crippen MR) is 71.7 cm³/mol. The van der Waals surface area contributed by atoms with E-state index in [0.29, 0.717) is 0 Å². The largest absolute Gasteiger partial charge is 0.298 e. The molecule has 0 N–H and O–H groups in total. The van der Waals surface area contributed by atoms with Gasteiger partial charge in [0.1, 0.15) is 0 Å². The van der Waals surface area contributed by atoms with E-state index < -0.39 is 0 Å². The minimum atomic E-state index is 0.805. The van der Waals surface area contributed by atoms with Gasteiger partial charge in [-0.2, -0.15) is 0 Å². The molecule has 1 nitrogen and oxygen atoms in total. The summed E-state index contributed by atoms with van der Waals surface area (Å²) in [6.45, 7) is 0. The fourth-order valence-electron chi connectivity index (χ4n) is 1.34. The van der Waals surface area contributed by atoms with Gasteiger partial charge in [-0.1, -0.05) is 0 Å². The Bertz CT molecular complexity index is 490. The summed E-state index contributed by atoms with van der Waals surface area (Å²) in [5, 5.41) is 3.23. The molecule has 0 unspecified atom stereocenters. The van der Waals surface area contributed by atoms with Crippen LogP contribution in [0.2, 0.25) is 0 Å². The smallest absolute Gasteiger partial charge is 0.151 e. The predicted octanol–water partition coefficient (Wildman–Crippen LogP) is 4.04. The first-order chi connectivity index (χ1) is 6.77. The lowest BCUT2D eigenvalue weighted by Crippen LogP contribution is -1.86. The van der Waals surface area contributed by atoms with Crippen molar-refractivity contribution in [1.29, 1.82) is 0 Å². The van der Waals surface area contributed by atoms with E-state index in [-0.39, 0.29) is 0 Å². The van der Waals surface area contributed by atoms with Crippen LogP contribution in [0.15, 0.2) is 22.4 Å². The molecule has 0 bridgehead atoms. The Morgan fingerprint density at radius 2 is 2.36 bits per heavy atom. The second-order valence-electron chi connectivity index (χ2n) is 2.76. The number of halogens is 1. The van der Waals surface area contributed by atoms with E-state index in [1.807, 2.05) is 17.7 Å². The Hall–Kier alpha value is -0.0700. The number of rotatable bonds is 2. The zero-order valence-electron chi connectivity index (χ0n) is 7.41. The van der Waals surface area contributed by atoms with Crippen LogP contribution in [0.4, 0.5) is 0 Å². The minimum absolute atomic E-state index is 0.805. The summed E-state index contributed by atoms with van der Waals surface area (Å²) in [6.07, 6.45) is 2.97.